The first-order valence-electron chi connectivity index (χ1n) is 6.08. The smallest absolute Gasteiger partial charge is 0.112 e. The van der Waals surface area contributed by atoms with Gasteiger partial charge in [-0.25, -0.2) is 4.98 Å². The van der Waals surface area contributed by atoms with Gasteiger partial charge in [0.15, 0.2) is 0 Å². The fourth-order valence-corrected chi connectivity index (χ4v) is 2.64. The Morgan fingerprint density at radius 1 is 1.40 bits per heavy atom. The second-order valence-corrected chi connectivity index (χ2v) is 5.10. The van der Waals surface area contributed by atoms with Crippen molar-refractivity contribution < 1.29 is 0 Å². The van der Waals surface area contributed by atoms with E-state index in [0.717, 1.165) is 24.1 Å². The Labute approximate surface area is 90.7 Å². The van der Waals surface area contributed by atoms with Crippen LogP contribution < -0.4 is 5.73 Å². The standard InChI is InChI=1S/C12H19N3/c1-8-2-5-11-10(6-13)14-12(9-3-4-9)15(11)7-8/h8-9H,2-7,13H2,1H3. The lowest BCUT2D eigenvalue weighted by atomic mass is 9.99. The van der Waals surface area contributed by atoms with Gasteiger partial charge in [0.2, 0.25) is 0 Å². The molecular formula is C12H19N3. The third-order valence-corrected chi connectivity index (χ3v) is 3.69. The third kappa shape index (κ3) is 1.49. The molecule has 1 unspecified atom stereocenters. The lowest BCUT2D eigenvalue weighted by Crippen LogP contribution is -2.20. The molecule has 1 saturated carbocycles. The maximum atomic E-state index is 5.77. The summed E-state index contributed by atoms with van der Waals surface area (Å²) < 4.78 is 2.47. The molecule has 0 amide bonds. The van der Waals surface area contributed by atoms with E-state index >= 15 is 0 Å². The number of rotatable bonds is 2. The van der Waals surface area contributed by atoms with Crippen molar-refractivity contribution >= 4 is 0 Å². The maximum absolute atomic E-state index is 5.77. The first kappa shape index (κ1) is 9.40. The van der Waals surface area contributed by atoms with Gasteiger partial charge in [-0.1, -0.05) is 6.92 Å². The van der Waals surface area contributed by atoms with Crippen LogP contribution in [-0.4, -0.2) is 9.55 Å². The Bertz CT molecular complexity index is 376. The van der Waals surface area contributed by atoms with Gasteiger partial charge in [0, 0.05) is 24.7 Å². The van der Waals surface area contributed by atoms with Gasteiger partial charge >= 0.3 is 0 Å². The molecule has 0 radical (unpaired) electrons. The highest BCUT2D eigenvalue weighted by molar-refractivity contribution is 5.23. The molecule has 0 saturated heterocycles. The molecule has 0 aromatic carbocycles. The Hall–Kier alpha value is -0.830. The van der Waals surface area contributed by atoms with Crippen LogP contribution in [-0.2, 0) is 19.5 Å². The van der Waals surface area contributed by atoms with Crippen LogP contribution in [0.1, 0.15) is 49.3 Å². The van der Waals surface area contributed by atoms with E-state index in [2.05, 4.69) is 11.5 Å². The normalized spacial score (nSPS) is 25.3. The minimum atomic E-state index is 0.608. The summed E-state index contributed by atoms with van der Waals surface area (Å²) in [6, 6.07) is 0. The molecular weight excluding hydrogens is 186 g/mol. The summed E-state index contributed by atoms with van der Waals surface area (Å²) in [5.74, 6) is 2.88. The first-order chi connectivity index (χ1) is 7.29. The molecule has 2 N–H and O–H groups in total. The lowest BCUT2D eigenvalue weighted by Gasteiger charge is -2.23. The predicted molar refractivity (Wildman–Crippen MR) is 59.6 cm³/mol. The second-order valence-electron chi connectivity index (χ2n) is 5.10. The number of nitrogens with zero attached hydrogens (tertiary/aromatic N) is 2. The predicted octanol–water partition coefficient (Wildman–Crippen LogP) is 1.80. The SMILES string of the molecule is CC1CCc2c(CN)nc(C3CC3)n2C1. The number of hydrogen-bond acceptors (Lipinski definition) is 2. The Morgan fingerprint density at radius 3 is 2.87 bits per heavy atom. The molecule has 1 aliphatic heterocycles. The van der Waals surface area contributed by atoms with Gasteiger partial charge in [0.25, 0.3) is 0 Å². The Balaban J connectivity index is 2.04. The summed E-state index contributed by atoms with van der Waals surface area (Å²) in [6.07, 6.45) is 5.12. The van der Waals surface area contributed by atoms with Crippen LogP contribution in [0, 0.1) is 5.92 Å². The molecule has 82 valence electrons. The molecule has 1 aromatic heterocycles. The van der Waals surface area contributed by atoms with Crippen molar-refractivity contribution in [2.24, 2.45) is 11.7 Å². The highest BCUT2D eigenvalue weighted by Crippen LogP contribution is 2.41. The molecule has 0 bridgehead atoms. The van der Waals surface area contributed by atoms with Crippen molar-refractivity contribution in [3.05, 3.63) is 17.2 Å². The number of fused-ring (bicyclic) bond motifs is 1. The Morgan fingerprint density at radius 2 is 2.20 bits per heavy atom. The van der Waals surface area contributed by atoms with Crippen molar-refractivity contribution in [3.8, 4) is 0 Å². The van der Waals surface area contributed by atoms with E-state index < -0.39 is 0 Å². The van der Waals surface area contributed by atoms with Gasteiger partial charge < -0.3 is 10.3 Å². The number of nitrogens with two attached hydrogens (primary N) is 1. The largest absolute Gasteiger partial charge is 0.331 e. The van der Waals surface area contributed by atoms with Crippen LogP contribution in [0.15, 0.2) is 0 Å². The molecule has 1 aromatic rings. The van der Waals surface area contributed by atoms with Gasteiger partial charge in [-0.3, -0.25) is 0 Å². The summed E-state index contributed by atoms with van der Waals surface area (Å²) in [5.41, 5.74) is 8.35. The molecule has 1 fully saturated rings. The van der Waals surface area contributed by atoms with Gasteiger partial charge in [-0.05, 0) is 31.6 Å². The van der Waals surface area contributed by atoms with Crippen LogP contribution in [0.2, 0.25) is 0 Å². The van der Waals surface area contributed by atoms with Crippen LogP contribution in [0.4, 0.5) is 0 Å². The maximum Gasteiger partial charge on any atom is 0.112 e. The van der Waals surface area contributed by atoms with Gasteiger partial charge in [-0.15, -0.1) is 0 Å². The average Bonchev–Trinajstić information content (AvgIpc) is 3.00. The van der Waals surface area contributed by atoms with Gasteiger partial charge in [-0.2, -0.15) is 0 Å². The summed E-state index contributed by atoms with van der Waals surface area (Å²) >= 11 is 0. The molecule has 2 heterocycles. The Kier molecular flexibility index (Phi) is 2.09. The quantitative estimate of drug-likeness (QED) is 0.800. The van der Waals surface area contributed by atoms with Gasteiger partial charge in [0.05, 0.1) is 5.69 Å². The molecule has 3 nitrogen and oxygen atoms in total. The van der Waals surface area contributed by atoms with Crippen molar-refractivity contribution in [1.29, 1.82) is 0 Å². The molecule has 0 spiro atoms. The first-order valence-corrected chi connectivity index (χ1v) is 6.08. The van der Waals surface area contributed by atoms with Crippen LogP contribution in [0.3, 0.4) is 0 Å². The molecule has 15 heavy (non-hydrogen) atoms. The minimum Gasteiger partial charge on any atom is -0.331 e. The number of hydrogen-bond donors (Lipinski definition) is 1. The summed E-state index contributed by atoms with van der Waals surface area (Å²) in [4.78, 5) is 4.74. The van der Waals surface area contributed by atoms with Crippen molar-refractivity contribution in [1.82, 2.24) is 9.55 Å². The fourth-order valence-electron chi connectivity index (χ4n) is 2.64. The lowest BCUT2D eigenvalue weighted by molar-refractivity contribution is 0.389. The van der Waals surface area contributed by atoms with E-state index in [9.17, 15) is 0 Å². The zero-order valence-corrected chi connectivity index (χ0v) is 9.37. The zero-order valence-electron chi connectivity index (χ0n) is 9.37. The highest BCUT2D eigenvalue weighted by atomic mass is 15.1. The van der Waals surface area contributed by atoms with E-state index in [-0.39, 0.29) is 0 Å². The van der Waals surface area contributed by atoms with Crippen molar-refractivity contribution in [3.63, 3.8) is 0 Å². The monoisotopic (exact) mass is 205 g/mol. The average molecular weight is 205 g/mol. The third-order valence-electron chi connectivity index (χ3n) is 3.69. The summed E-state index contributed by atoms with van der Waals surface area (Å²) in [6.45, 7) is 4.10. The molecule has 1 atom stereocenters. The minimum absolute atomic E-state index is 0.608. The molecule has 1 aliphatic carbocycles. The van der Waals surface area contributed by atoms with E-state index in [1.807, 2.05) is 0 Å². The fraction of sp³-hybridized carbons (Fsp3) is 0.750. The van der Waals surface area contributed by atoms with Crippen LogP contribution in [0.5, 0.6) is 0 Å². The molecule has 2 aliphatic rings. The zero-order chi connectivity index (χ0) is 10.4. The van der Waals surface area contributed by atoms with Crippen molar-refractivity contribution in [2.75, 3.05) is 0 Å². The highest BCUT2D eigenvalue weighted by Gasteiger charge is 2.32. The van der Waals surface area contributed by atoms with E-state index in [4.69, 9.17) is 10.7 Å². The van der Waals surface area contributed by atoms with Crippen LogP contribution in [0.25, 0.3) is 0 Å². The summed E-state index contributed by atoms with van der Waals surface area (Å²) in [5, 5.41) is 0. The molecule has 3 heteroatoms. The van der Waals surface area contributed by atoms with Crippen LogP contribution >= 0.6 is 0 Å². The van der Waals surface area contributed by atoms with E-state index in [1.165, 1.54) is 37.2 Å². The molecule has 3 rings (SSSR count). The second kappa shape index (κ2) is 3.34. The van der Waals surface area contributed by atoms with E-state index in [1.54, 1.807) is 0 Å². The van der Waals surface area contributed by atoms with Crippen molar-refractivity contribution in [2.45, 2.75) is 51.6 Å². The topological polar surface area (TPSA) is 43.8 Å². The van der Waals surface area contributed by atoms with Gasteiger partial charge in [0.1, 0.15) is 5.82 Å². The summed E-state index contributed by atoms with van der Waals surface area (Å²) in [7, 11) is 0. The number of imidazole rings is 1. The van der Waals surface area contributed by atoms with E-state index in [0.29, 0.717) is 6.54 Å². The number of aromatic nitrogens is 2.